The largest absolute Gasteiger partial charge is 0.345 e. The van der Waals surface area contributed by atoms with E-state index in [2.05, 4.69) is 10.0 Å². The molecule has 13 heavy (non-hydrogen) atoms. The van der Waals surface area contributed by atoms with Gasteiger partial charge in [0.1, 0.15) is 0 Å². The van der Waals surface area contributed by atoms with Gasteiger partial charge in [-0.05, 0) is 17.0 Å². The first-order valence-corrected chi connectivity index (χ1v) is 4.65. The maximum absolute atomic E-state index is 8.29. The molecule has 0 aliphatic carbocycles. The van der Waals surface area contributed by atoms with Crippen LogP contribution in [0.5, 0.6) is 0 Å². The second-order valence-electron chi connectivity index (χ2n) is 2.43. The smallest absolute Gasteiger partial charge is 0.193 e. The zero-order valence-corrected chi connectivity index (χ0v) is 7.53. The summed E-state index contributed by atoms with van der Waals surface area (Å²) in [6.45, 7) is 1.19. The summed E-state index contributed by atoms with van der Waals surface area (Å²) in [6, 6.07) is 1.75. The van der Waals surface area contributed by atoms with Crippen molar-refractivity contribution in [1.29, 1.82) is 0 Å². The predicted octanol–water partition coefficient (Wildman–Crippen LogP) is 2.74. The molecule has 1 aliphatic rings. The Hall–Kier alpha value is -1.07. The Morgan fingerprint density at radius 2 is 2.31 bits per heavy atom. The molecule has 5 nitrogen and oxygen atoms in total. The normalized spacial score (nSPS) is 17.2. The minimum Gasteiger partial charge on any atom is -0.345 e. The van der Waals surface area contributed by atoms with Crippen molar-refractivity contribution in [2.45, 2.75) is 6.29 Å². The van der Waals surface area contributed by atoms with Crippen LogP contribution in [-0.2, 0) is 9.47 Å². The molecule has 1 saturated heterocycles. The molecule has 0 saturated carbocycles. The van der Waals surface area contributed by atoms with E-state index in [-0.39, 0.29) is 6.29 Å². The molecular formula is C7H7N3O2S. The Balaban J connectivity index is 2.27. The quantitative estimate of drug-likeness (QED) is 0.415. The Bertz CT molecular complexity index is 339. The summed E-state index contributed by atoms with van der Waals surface area (Å²) in [7, 11) is 0. The van der Waals surface area contributed by atoms with Crippen molar-refractivity contribution >= 4 is 17.0 Å². The van der Waals surface area contributed by atoms with Crippen molar-refractivity contribution in [2.75, 3.05) is 13.2 Å². The molecule has 1 aliphatic heterocycles. The first kappa shape index (κ1) is 8.52. The minimum absolute atomic E-state index is 0.347. The summed E-state index contributed by atoms with van der Waals surface area (Å²) in [5, 5.41) is 5.39. The zero-order chi connectivity index (χ0) is 9.10. The van der Waals surface area contributed by atoms with Crippen LogP contribution in [0.15, 0.2) is 16.6 Å². The summed E-state index contributed by atoms with van der Waals surface area (Å²) in [5.74, 6) is 0. The Kier molecular flexibility index (Phi) is 2.47. The molecule has 1 aromatic heterocycles. The van der Waals surface area contributed by atoms with Crippen LogP contribution < -0.4 is 0 Å². The number of azide groups is 1. The highest BCUT2D eigenvalue weighted by atomic mass is 32.1. The third-order valence-electron chi connectivity index (χ3n) is 1.66. The van der Waals surface area contributed by atoms with Gasteiger partial charge in [-0.15, -0.1) is 11.3 Å². The maximum Gasteiger partial charge on any atom is 0.193 e. The lowest BCUT2D eigenvalue weighted by molar-refractivity contribution is -0.0409. The Labute approximate surface area is 78.5 Å². The van der Waals surface area contributed by atoms with Gasteiger partial charge in [0.05, 0.1) is 23.8 Å². The third-order valence-corrected chi connectivity index (χ3v) is 2.59. The van der Waals surface area contributed by atoms with Crippen LogP contribution >= 0.6 is 11.3 Å². The van der Waals surface area contributed by atoms with E-state index < -0.39 is 0 Å². The van der Waals surface area contributed by atoms with Gasteiger partial charge >= 0.3 is 0 Å². The third kappa shape index (κ3) is 1.66. The van der Waals surface area contributed by atoms with E-state index in [1.165, 1.54) is 11.3 Å². The van der Waals surface area contributed by atoms with Crippen molar-refractivity contribution in [3.8, 4) is 0 Å². The SMILES string of the molecule is [N-]=[N+]=Nc1ccsc1C1OCCO1. The van der Waals surface area contributed by atoms with Gasteiger partial charge in [0.2, 0.25) is 0 Å². The molecule has 0 amide bonds. The van der Waals surface area contributed by atoms with Gasteiger partial charge < -0.3 is 9.47 Å². The zero-order valence-electron chi connectivity index (χ0n) is 6.71. The Morgan fingerprint density at radius 1 is 1.54 bits per heavy atom. The van der Waals surface area contributed by atoms with Gasteiger partial charge in [0.15, 0.2) is 6.29 Å². The highest BCUT2D eigenvalue weighted by Crippen LogP contribution is 2.35. The lowest BCUT2D eigenvalue weighted by Gasteiger charge is -2.06. The van der Waals surface area contributed by atoms with Gasteiger partial charge in [-0.1, -0.05) is 5.11 Å². The van der Waals surface area contributed by atoms with Crippen LogP contribution in [0.2, 0.25) is 0 Å². The second-order valence-corrected chi connectivity index (χ2v) is 3.38. The van der Waals surface area contributed by atoms with Gasteiger partial charge in [-0.2, -0.15) is 0 Å². The molecule has 2 heterocycles. The molecule has 0 unspecified atom stereocenters. The highest BCUT2D eigenvalue weighted by molar-refractivity contribution is 7.10. The van der Waals surface area contributed by atoms with E-state index in [0.717, 1.165) is 4.88 Å². The van der Waals surface area contributed by atoms with E-state index in [9.17, 15) is 0 Å². The highest BCUT2D eigenvalue weighted by Gasteiger charge is 2.21. The molecule has 0 aromatic carbocycles. The molecule has 2 rings (SSSR count). The maximum atomic E-state index is 8.29. The van der Waals surface area contributed by atoms with Crippen molar-refractivity contribution in [2.24, 2.45) is 5.11 Å². The summed E-state index contributed by atoms with van der Waals surface area (Å²) in [6.07, 6.45) is -0.347. The van der Waals surface area contributed by atoms with Crippen LogP contribution in [-0.4, -0.2) is 13.2 Å². The number of nitrogens with zero attached hydrogens (tertiary/aromatic N) is 3. The van der Waals surface area contributed by atoms with Crippen molar-refractivity contribution < 1.29 is 9.47 Å². The van der Waals surface area contributed by atoms with Crippen molar-refractivity contribution in [3.05, 3.63) is 26.8 Å². The predicted molar refractivity (Wildman–Crippen MR) is 47.8 cm³/mol. The van der Waals surface area contributed by atoms with E-state index >= 15 is 0 Å². The molecular weight excluding hydrogens is 190 g/mol. The number of thiophene rings is 1. The van der Waals surface area contributed by atoms with Crippen LogP contribution in [0.25, 0.3) is 10.4 Å². The van der Waals surface area contributed by atoms with Crippen LogP contribution in [0.4, 0.5) is 5.69 Å². The minimum atomic E-state index is -0.347. The molecule has 1 aromatic rings. The van der Waals surface area contributed by atoms with E-state index in [4.69, 9.17) is 15.0 Å². The molecule has 0 spiro atoms. The summed E-state index contributed by atoms with van der Waals surface area (Å²) >= 11 is 1.47. The standard InChI is InChI=1S/C7H7N3O2S/c8-10-9-5-1-4-13-6(5)7-11-2-3-12-7/h1,4,7H,2-3H2. The fraction of sp³-hybridized carbons (Fsp3) is 0.429. The first-order chi connectivity index (χ1) is 6.42. The van der Waals surface area contributed by atoms with Crippen molar-refractivity contribution in [1.82, 2.24) is 0 Å². The monoisotopic (exact) mass is 197 g/mol. The van der Waals surface area contributed by atoms with E-state index in [1.54, 1.807) is 6.07 Å². The first-order valence-electron chi connectivity index (χ1n) is 3.77. The molecule has 1 fully saturated rings. The molecule has 0 atom stereocenters. The molecule has 0 N–H and O–H groups in total. The van der Waals surface area contributed by atoms with Gasteiger partial charge in [-0.25, -0.2) is 0 Å². The lowest BCUT2D eigenvalue weighted by Crippen LogP contribution is -1.94. The lowest BCUT2D eigenvalue weighted by atomic mass is 10.4. The van der Waals surface area contributed by atoms with Gasteiger partial charge in [0, 0.05) is 4.91 Å². The van der Waals surface area contributed by atoms with Crippen molar-refractivity contribution in [3.63, 3.8) is 0 Å². The van der Waals surface area contributed by atoms with E-state index in [1.807, 2.05) is 5.38 Å². The van der Waals surface area contributed by atoms with Crippen LogP contribution in [0, 0.1) is 0 Å². The fourth-order valence-corrected chi connectivity index (χ4v) is 1.95. The van der Waals surface area contributed by atoms with Crippen LogP contribution in [0.1, 0.15) is 11.2 Å². The molecule has 0 bridgehead atoms. The summed E-state index contributed by atoms with van der Waals surface area (Å²) in [4.78, 5) is 3.57. The summed E-state index contributed by atoms with van der Waals surface area (Å²) in [5.41, 5.74) is 8.88. The van der Waals surface area contributed by atoms with Crippen LogP contribution in [0.3, 0.4) is 0 Å². The fourth-order valence-electron chi connectivity index (χ4n) is 1.13. The topological polar surface area (TPSA) is 67.2 Å². The molecule has 68 valence electrons. The Morgan fingerprint density at radius 3 is 3.00 bits per heavy atom. The van der Waals surface area contributed by atoms with E-state index in [0.29, 0.717) is 18.9 Å². The number of hydrogen-bond acceptors (Lipinski definition) is 4. The average Bonchev–Trinajstić information content (AvgIpc) is 2.71. The number of rotatable bonds is 2. The molecule has 6 heteroatoms. The number of ether oxygens (including phenoxy) is 2. The summed E-state index contributed by atoms with van der Waals surface area (Å²) < 4.78 is 10.6. The van der Waals surface area contributed by atoms with Gasteiger partial charge in [-0.3, -0.25) is 0 Å². The van der Waals surface area contributed by atoms with Gasteiger partial charge in [0.25, 0.3) is 0 Å². The second kappa shape index (κ2) is 3.76. The number of hydrogen-bond donors (Lipinski definition) is 0. The molecule has 0 radical (unpaired) electrons. The average molecular weight is 197 g/mol.